The van der Waals surface area contributed by atoms with E-state index in [1.54, 1.807) is 0 Å². The van der Waals surface area contributed by atoms with Crippen LogP contribution in [0.25, 0.3) is 10.9 Å². The van der Waals surface area contributed by atoms with Crippen molar-refractivity contribution in [1.82, 2.24) is 20.5 Å². The van der Waals surface area contributed by atoms with Crippen LogP contribution in [0.5, 0.6) is 0 Å². The molecule has 2 heterocycles. The second-order valence-corrected chi connectivity index (χ2v) is 8.91. The summed E-state index contributed by atoms with van der Waals surface area (Å²) < 4.78 is 0. The van der Waals surface area contributed by atoms with E-state index in [0.29, 0.717) is 5.91 Å². The van der Waals surface area contributed by atoms with Crippen molar-refractivity contribution in [2.75, 3.05) is 26.2 Å². The molecule has 7 heteroatoms. The first kappa shape index (κ1) is 24.9. The zero-order valence-electron chi connectivity index (χ0n) is 19.5. The summed E-state index contributed by atoms with van der Waals surface area (Å²) in [5.74, 6) is 1.50. The van der Waals surface area contributed by atoms with E-state index in [4.69, 9.17) is 4.99 Å². The van der Waals surface area contributed by atoms with Gasteiger partial charge in [0.25, 0.3) is 0 Å². The van der Waals surface area contributed by atoms with Crippen LogP contribution in [0.3, 0.4) is 0 Å². The average Bonchev–Trinajstić information content (AvgIpc) is 3.54. The summed E-state index contributed by atoms with van der Waals surface area (Å²) in [6.07, 6.45) is 9.62. The van der Waals surface area contributed by atoms with Crippen molar-refractivity contribution in [3.8, 4) is 0 Å². The topological polar surface area (TPSA) is 72.5 Å². The minimum atomic E-state index is 0. The fourth-order valence-electron chi connectivity index (χ4n) is 5.09. The number of nitrogens with zero attached hydrogens (tertiary/aromatic N) is 2. The maximum absolute atomic E-state index is 12.7. The van der Waals surface area contributed by atoms with E-state index in [-0.39, 0.29) is 35.9 Å². The lowest BCUT2D eigenvalue weighted by molar-refractivity contribution is -0.134. The molecule has 0 spiro atoms. The van der Waals surface area contributed by atoms with E-state index in [1.165, 1.54) is 34.9 Å². The molecule has 176 valence electrons. The summed E-state index contributed by atoms with van der Waals surface area (Å²) in [6.45, 7) is 7.50. The van der Waals surface area contributed by atoms with Crippen molar-refractivity contribution >= 4 is 46.7 Å². The average molecular weight is 552 g/mol. The van der Waals surface area contributed by atoms with Crippen LogP contribution in [0.15, 0.2) is 29.4 Å². The Balaban J connectivity index is 0.00000289. The predicted octanol–water partition coefficient (Wildman–Crippen LogP) is 4.24. The Hall–Kier alpha value is -1.77. The van der Waals surface area contributed by atoms with E-state index in [2.05, 4.69) is 58.8 Å². The molecule has 1 aromatic heterocycles. The molecule has 6 nitrogen and oxygen atoms in total. The summed E-state index contributed by atoms with van der Waals surface area (Å²) in [5, 5.41) is 8.25. The highest BCUT2D eigenvalue weighted by Crippen LogP contribution is 2.28. The van der Waals surface area contributed by atoms with Gasteiger partial charge in [0.2, 0.25) is 5.91 Å². The fraction of sp³-hybridized carbons (Fsp3) is 0.600. The number of carbonyl (C=O) groups excluding carboxylic acids is 1. The highest BCUT2D eigenvalue weighted by atomic mass is 127. The molecule has 1 aliphatic heterocycles. The third-order valence-electron chi connectivity index (χ3n) is 6.81. The summed E-state index contributed by atoms with van der Waals surface area (Å²) in [5.41, 5.74) is 3.94. The molecule has 1 atom stereocenters. The maximum atomic E-state index is 12.7. The Bertz CT molecular complexity index is 918. The van der Waals surface area contributed by atoms with Crippen LogP contribution in [0.4, 0.5) is 0 Å². The molecule has 3 N–H and O–H groups in total. The lowest BCUT2D eigenvalue weighted by Crippen LogP contribution is -2.45. The van der Waals surface area contributed by atoms with Gasteiger partial charge in [0.05, 0.1) is 0 Å². The Morgan fingerprint density at radius 2 is 2.00 bits per heavy atom. The van der Waals surface area contributed by atoms with Gasteiger partial charge >= 0.3 is 0 Å². The molecule has 2 fully saturated rings. The Kier molecular flexibility index (Phi) is 9.25. The second-order valence-electron chi connectivity index (χ2n) is 8.91. The highest BCUT2D eigenvalue weighted by molar-refractivity contribution is 14.0. The van der Waals surface area contributed by atoms with Crippen LogP contribution in [0.1, 0.15) is 57.1 Å². The highest BCUT2D eigenvalue weighted by Gasteiger charge is 2.32. The van der Waals surface area contributed by atoms with Gasteiger partial charge in [-0.2, -0.15) is 0 Å². The summed E-state index contributed by atoms with van der Waals surface area (Å²) >= 11 is 0. The number of aromatic amines is 1. The van der Waals surface area contributed by atoms with Crippen molar-refractivity contribution in [2.24, 2.45) is 10.9 Å². The number of aryl methyl sites for hydroxylation is 1. The molecule has 32 heavy (non-hydrogen) atoms. The molecule has 2 aromatic rings. The maximum Gasteiger partial charge on any atom is 0.225 e. The monoisotopic (exact) mass is 551 g/mol. The van der Waals surface area contributed by atoms with Gasteiger partial charge in [0.15, 0.2) is 5.96 Å². The minimum Gasteiger partial charge on any atom is -0.361 e. The molecule has 1 saturated carbocycles. The third-order valence-corrected chi connectivity index (χ3v) is 6.81. The van der Waals surface area contributed by atoms with E-state index in [0.717, 1.165) is 64.2 Å². The van der Waals surface area contributed by atoms with Crippen LogP contribution in [0.2, 0.25) is 0 Å². The molecular weight excluding hydrogens is 513 g/mol. The summed E-state index contributed by atoms with van der Waals surface area (Å²) in [6, 6.07) is 6.81. The number of aliphatic imine (C=N–C) groups is 1. The number of amides is 1. The van der Waals surface area contributed by atoms with Crippen molar-refractivity contribution in [1.29, 1.82) is 0 Å². The van der Waals surface area contributed by atoms with Gasteiger partial charge < -0.3 is 20.5 Å². The number of rotatable bonds is 7. The summed E-state index contributed by atoms with van der Waals surface area (Å²) in [4.78, 5) is 23.1. The second kappa shape index (κ2) is 11.9. The molecule has 1 aliphatic carbocycles. The number of hydrogen-bond acceptors (Lipinski definition) is 2. The standard InChI is InChI=1S/C25H37N5O.HI/c1-3-18-10-7-11-22-20(16-28-23(18)22)12-14-27-25(26-4-2)29-21-13-15-30(17-21)24(31)19-8-5-6-9-19;/h7,10-11,16,19,21,28H,3-6,8-9,12-15,17H2,1-2H3,(H2,26,27,29);1H. The molecule has 2 aliphatic rings. The van der Waals surface area contributed by atoms with E-state index in [9.17, 15) is 4.79 Å². The number of likely N-dealkylation sites (tertiary alicyclic amines) is 1. The molecule has 1 unspecified atom stereocenters. The SMILES string of the molecule is CCNC(=NCCc1c[nH]c2c(CC)cccc12)NC1CCN(C(=O)C2CCCC2)C1.I. The zero-order valence-corrected chi connectivity index (χ0v) is 21.8. The van der Waals surface area contributed by atoms with Crippen LogP contribution in [0, 0.1) is 5.92 Å². The predicted molar refractivity (Wildman–Crippen MR) is 143 cm³/mol. The Labute approximate surface area is 209 Å². The van der Waals surface area contributed by atoms with Gasteiger partial charge in [-0.05, 0) is 50.2 Å². The van der Waals surface area contributed by atoms with Crippen molar-refractivity contribution < 1.29 is 4.79 Å². The van der Waals surface area contributed by atoms with Gasteiger partial charge in [-0.1, -0.05) is 38.0 Å². The van der Waals surface area contributed by atoms with Crippen molar-refractivity contribution in [3.05, 3.63) is 35.5 Å². The smallest absolute Gasteiger partial charge is 0.225 e. The molecule has 1 aromatic carbocycles. The van der Waals surface area contributed by atoms with Gasteiger partial charge in [0.1, 0.15) is 0 Å². The number of aromatic nitrogens is 1. The molecule has 0 radical (unpaired) electrons. The number of carbonyl (C=O) groups is 1. The van der Waals surface area contributed by atoms with Crippen LogP contribution >= 0.6 is 24.0 Å². The van der Waals surface area contributed by atoms with Crippen molar-refractivity contribution in [2.45, 2.75) is 64.8 Å². The first-order chi connectivity index (χ1) is 15.2. The molecule has 0 bridgehead atoms. The Morgan fingerprint density at radius 1 is 1.19 bits per heavy atom. The van der Waals surface area contributed by atoms with E-state index < -0.39 is 0 Å². The van der Waals surface area contributed by atoms with Crippen LogP contribution < -0.4 is 10.6 Å². The number of H-pyrrole nitrogens is 1. The fourth-order valence-corrected chi connectivity index (χ4v) is 5.09. The summed E-state index contributed by atoms with van der Waals surface area (Å²) in [7, 11) is 0. The van der Waals surface area contributed by atoms with E-state index in [1.807, 2.05) is 0 Å². The lowest BCUT2D eigenvalue weighted by atomic mass is 10.1. The van der Waals surface area contributed by atoms with E-state index >= 15 is 0 Å². The number of halogens is 1. The number of fused-ring (bicyclic) bond motifs is 1. The minimum absolute atomic E-state index is 0. The number of guanidine groups is 1. The van der Waals surface area contributed by atoms with Gasteiger partial charge in [-0.25, -0.2) is 0 Å². The normalized spacial score (nSPS) is 19.4. The number of benzene rings is 1. The molecule has 1 amide bonds. The quantitative estimate of drug-likeness (QED) is 0.274. The van der Waals surface area contributed by atoms with Gasteiger partial charge in [-0.15, -0.1) is 24.0 Å². The van der Waals surface area contributed by atoms with Gasteiger partial charge in [-0.3, -0.25) is 9.79 Å². The molecular formula is C25H38IN5O. The first-order valence-electron chi connectivity index (χ1n) is 12.1. The Morgan fingerprint density at radius 3 is 2.75 bits per heavy atom. The largest absolute Gasteiger partial charge is 0.361 e. The number of hydrogen-bond donors (Lipinski definition) is 3. The first-order valence-corrected chi connectivity index (χ1v) is 12.1. The van der Waals surface area contributed by atoms with Crippen LogP contribution in [-0.2, 0) is 17.6 Å². The zero-order chi connectivity index (χ0) is 21.6. The molecule has 4 rings (SSSR count). The third kappa shape index (κ3) is 5.77. The van der Waals surface area contributed by atoms with Crippen molar-refractivity contribution in [3.63, 3.8) is 0 Å². The number of para-hydroxylation sites is 1. The van der Waals surface area contributed by atoms with Gasteiger partial charge in [0, 0.05) is 55.2 Å². The lowest BCUT2D eigenvalue weighted by Gasteiger charge is -2.21. The van der Waals surface area contributed by atoms with Crippen LogP contribution in [-0.4, -0.2) is 54.0 Å². The number of nitrogens with one attached hydrogen (secondary N) is 3. The molecule has 1 saturated heterocycles.